The maximum atomic E-state index is 13.1. The summed E-state index contributed by atoms with van der Waals surface area (Å²) in [5.41, 5.74) is 2.13. The minimum absolute atomic E-state index is 0.0377. The number of hydrogen-bond donors (Lipinski definition) is 0. The van der Waals surface area contributed by atoms with Gasteiger partial charge in [-0.25, -0.2) is 9.97 Å². The third-order valence-electron chi connectivity index (χ3n) is 3.69. The second-order valence-electron chi connectivity index (χ2n) is 6.01. The molecule has 24 heavy (non-hydrogen) atoms. The lowest BCUT2D eigenvalue weighted by molar-refractivity contribution is 0.520. The maximum absolute atomic E-state index is 13.1. The van der Waals surface area contributed by atoms with Crippen molar-refractivity contribution < 1.29 is 0 Å². The van der Waals surface area contributed by atoms with Crippen LogP contribution in [-0.2, 0) is 6.54 Å². The predicted octanol–water partition coefficient (Wildman–Crippen LogP) is 4.49. The van der Waals surface area contributed by atoms with Crippen LogP contribution in [0.4, 0.5) is 0 Å². The Labute approximate surface area is 149 Å². The van der Waals surface area contributed by atoms with Gasteiger partial charge in [0.25, 0.3) is 5.56 Å². The monoisotopic (exact) mass is 359 g/mol. The highest BCUT2D eigenvalue weighted by molar-refractivity contribution is 7.98. The Kier molecular flexibility index (Phi) is 4.92. The van der Waals surface area contributed by atoms with Gasteiger partial charge in [0.2, 0.25) is 0 Å². The molecule has 124 valence electrons. The molecule has 2 heterocycles. The van der Waals surface area contributed by atoms with E-state index in [9.17, 15) is 4.79 Å². The zero-order valence-electron chi connectivity index (χ0n) is 13.8. The average Bonchev–Trinajstić information content (AvgIpc) is 2.57. The molecular formula is C18H18ClN3OS. The Hall–Kier alpha value is -1.85. The van der Waals surface area contributed by atoms with Crippen molar-refractivity contribution in [1.82, 2.24) is 14.5 Å². The Bertz CT molecular complexity index is 935. The topological polar surface area (TPSA) is 47.8 Å². The van der Waals surface area contributed by atoms with Crippen molar-refractivity contribution in [3.8, 4) is 11.1 Å². The molecule has 0 bridgehead atoms. The second kappa shape index (κ2) is 6.95. The highest BCUT2D eigenvalue weighted by Crippen LogP contribution is 2.23. The fourth-order valence-corrected chi connectivity index (χ4v) is 3.07. The van der Waals surface area contributed by atoms with Gasteiger partial charge in [0.15, 0.2) is 5.16 Å². The maximum Gasteiger partial charge on any atom is 0.260 e. The molecule has 0 N–H and O–H groups in total. The highest BCUT2D eigenvalue weighted by atomic mass is 35.5. The van der Waals surface area contributed by atoms with Crippen LogP contribution in [0.25, 0.3) is 22.2 Å². The molecule has 3 aromatic rings. The van der Waals surface area contributed by atoms with Crippen molar-refractivity contribution in [2.24, 2.45) is 5.92 Å². The summed E-state index contributed by atoms with van der Waals surface area (Å²) < 4.78 is 1.76. The Balaban J connectivity index is 2.30. The van der Waals surface area contributed by atoms with E-state index in [1.54, 1.807) is 22.9 Å². The molecule has 0 aliphatic carbocycles. The average molecular weight is 360 g/mol. The minimum atomic E-state index is -0.0377. The van der Waals surface area contributed by atoms with E-state index in [1.807, 2.05) is 24.5 Å². The van der Waals surface area contributed by atoms with E-state index in [0.29, 0.717) is 33.9 Å². The van der Waals surface area contributed by atoms with Gasteiger partial charge in [-0.15, -0.1) is 0 Å². The molecular weight excluding hydrogens is 342 g/mol. The molecule has 6 heteroatoms. The van der Waals surface area contributed by atoms with Crippen molar-refractivity contribution >= 4 is 34.4 Å². The van der Waals surface area contributed by atoms with Gasteiger partial charge in [-0.3, -0.25) is 9.36 Å². The van der Waals surface area contributed by atoms with Gasteiger partial charge >= 0.3 is 0 Å². The number of thioether (sulfide) groups is 1. The summed E-state index contributed by atoms with van der Waals surface area (Å²) >= 11 is 7.43. The standard InChI is InChI=1S/C18H18ClN3OS/c1-11(2)10-22-16-13(9-20-18(21-16)24-3)8-15(17(22)23)12-4-6-14(19)7-5-12/h4-9,11H,10H2,1-3H3. The second-order valence-corrected chi connectivity index (χ2v) is 7.22. The normalized spacial score (nSPS) is 11.4. The van der Waals surface area contributed by atoms with Crippen LogP contribution in [0.1, 0.15) is 13.8 Å². The number of aromatic nitrogens is 3. The summed E-state index contributed by atoms with van der Waals surface area (Å²) in [7, 11) is 0. The van der Waals surface area contributed by atoms with E-state index in [0.717, 1.165) is 10.9 Å². The van der Waals surface area contributed by atoms with Crippen molar-refractivity contribution in [2.75, 3.05) is 6.26 Å². The van der Waals surface area contributed by atoms with Gasteiger partial charge in [-0.1, -0.05) is 49.3 Å². The lowest BCUT2D eigenvalue weighted by atomic mass is 10.1. The molecule has 0 unspecified atom stereocenters. The van der Waals surface area contributed by atoms with E-state index in [2.05, 4.69) is 23.8 Å². The molecule has 0 radical (unpaired) electrons. The number of benzene rings is 1. The highest BCUT2D eigenvalue weighted by Gasteiger charge is 2.14. The summed E-state index contributed by atoms with van der Waals surface area (Å²) in [4.78, 5) is 22.0. The lowest BCUT2D eigenvalue weighted by Gasteiger charge is -2.14. The molecule has 0 aliphatic rings. The molecule has 3 rings (SSSR count). The van der Waals surface area contributed by atoms with E-state index in [-0.39, 0.29) is 5.56 Å². The number of halogens is 1. The largest absolute Gasteiger partial charge is 0.292 e. The smallest absolute Gasteiger partial charge is 0.260 e. The van der Waals surface area contributed by atoms with Crippen molar-refractivity contribution in [3.63, 3.8) is 0 Å². The van der Waals surface area contributed by atoms with Gasteiger partial charge in [0.05, 0.1) is 0 Å². The van der Waals surface area contributed by atoms with Crippen LogP contribution in [0.15, 0.2) is 46.5 Å². The molecule has 0 aliphatic heterocycles. The van der Waals surface area contributed by atoms with E-state index in [4.69, 9.17) is 11.6 Å². The number of hydrogen-bond acceptors (Lipinski definition) is 4. The quantitative estimate of drug-likeness (QED) is 0.508. The molecule has 1 aromatic carbocycles. The van der Waals surface area contributed by atoms with Crippen molar-refractivity contribution in [1.29, 1.82) is 0 Å². The molecule has 0 fully saturated rings. The van der Waals surface area contributed by atoms with Crippen LogP contribution in [0.5, 0.6) is 0 Å². The van der Waals surface area contributed by atoms with Gasteiger partial charge in [0, 0.05) is 28.7 Å². The summed E-state index contributed by atoms with van der Waals surface area (Å²) in [6.45, 7) is 4.79. The van der Waals surface area contributed by atoms with Crippen LogP contribution >= 0.6 is 23.4 Å². The number of fused-ring (bicyclic) bond motifs is 1. The number of pyridine rings is 1. The Morgan fingerprint density at radius 3 is 2.58 bits per heavy atom. The molecule has 0 saturated carbocycles. The Morgan fingerprint density at radius 2 is 1.96 bits per heavy atom. The third kappa shape index (κ3) is 3.32. The summed E-state index contributed by atoms with van der Waals surface area (Å²) in [5.74, 6) is 0.332. The van der Waals surface area contributed by atoms with Crippen LogP contribution in [0.2, 0.25) is 5.02 Å². The Morgan fingerprint density at radius 1 is 1.25 bits per heavy atom. The van der Waals surface area contributed by atoms with Crippen LogP contribution in [0, 0.1) is 5.92 Å². The molecule has 2 aromatic heterocycles. The first-order valence-corrected chi connectivity index (χ1v) is 9.30. The first-order chi connectivity index (χ1) is 11.5. The lowest BCUT2D eigenvalue weighted by Crippen LogP contribution is -2.25. The molecule has 0 saturated heterocycles. The minimum Gasteiger partial charge on any atom is -0.292 e. The number of nitrogens with zero attached hydrogens (tertiary/aromatic N) is 3. The third-order valence-corrected chi connectivity index (χ3v) is 4.50. The summed E-state index contributed by atoms with van der Waals surface area (Å²) in [5, 5.41) is 2.17. The van der Waals surface area contributed by atoms with E-state index in [1.165, 1.54) is 11.8 Å². The van der Waals surface area contributed by atoms with Gasteiger partial charge in [-0.05, 0) is 35.9 Å². The summed E-state index contributed by atoms with van der Waals surface area (Å²) in [6.07, 6.45) is 3.71. The first kappa shape index (κ1) is 17.0. The van der Waals surface area contributed by atoms with E-state index < -0.39 is 0 Å². The summed E-state index contributed by atoms with van der Waals surface area (Å²) in [6, 6.07) is 9.17. The predicted molar refractivity (Wildman–Crippen MR) is 101 cm³/mol. The van der Waals surface area contributed by atoms with Crippen LogP contribution in [0.3, 0.4) is 0 Å². The van der Waals surface area contributed by atoms with Crippen molar-refractivity contribution in [3.05, 3.63) is 51.9 Å². The molecule has 4 nitrogen and oxygen atoms in total. The molecule has 0 spiro atoms. The van der Waals surface area contributed by atoms with Gasteiger partial charge < -0.3 is 0 Å². The molecule has 0 amide bonds. The SMILES string of the molecule is CSc1ncc2cc(-c3ccc(Cl)cc3)c(=O)n(CC(C)C)c2n1. The van der Waals surface area contributed by atoms with Gasteiger partial charge in [0.1, 0.15) is 5.65 Å². The van der Waals surface area contributed by atoms with E-state index >= 15 is 0 Å². The number of rotatable bonds is 4. The zero-order valence-corrected chi connectivity index (χ0v) is 15.4. The van der Waals surface area contributed by atoms with Crippen LogP contribution < -0.4 is 5.56 Å². The fraction of sp³-hybridized carbons (Fsp3) is 0.278. The molecule has 0 atom stereocenters. The van der Waals surface area contributed by atoms with Gasteiger partial charge in [-0.2, -0.15) is 0 Å². The van der Waals surface area contributed by atoms with Crippen molar-refractivity contribution in [2.45, 2.75) is 25.5 Å². The first-order valence-electron chi connectivity index (χ1n) is 7.70. The fourth-order valence-electron chi connectivity index (χ4n) is 2.61. The zero-order chi connectivity index (χ0) is 17.3. The van der Waals surface area contributed by atoms with Crippen LogP contribution in [-0.4, -0.2) is 20.8 Å².